The molecule has 0 radical (unpaired) electrons. The van der Waals surface area contributed by atoms with Crippen molar-refractivity contribution in [3.63, 3.8) is 0 Å². The number of esters is 1. The number of halogens is 1. The van der Waals surface area contributed by atoms with Crippen LogP contribution < -0.4 is 13.8 Å². The molecular weight excluding hydrogens is 394 g/mol. The van der Waals surface area contributed by atoms with E-state index in [1.807, 2.05) is 0 Å². The predicted molar refractivity (Wildman–Crippen MR) is 100 cm³/mol. The Hall–Kier alpha value is -2.45. The average Bonchev–Trinajstić information content (AvgIpc) is 2.67. The summed E-state index contributed by atoms with van der Waals surface area (Å²) >= 11 is 6.03. The maximum absolute atomic E-state index is 13.4. The fraction of sp³-hybridized carbons (Fsp3) is 0.278. The van der Waals surface area contributed by atoms with Crippen LogP contribution in [-0.2, 0) is 19.6 Å². The average molecular weight is 412 g/mol. The second kappa shape index (κ2) is 7.66. The summed E-state index contributed by atoms with van der Waals surface area (Å²) in [4.78, 5) is 11.9. The van der Waals surface area contributed by atoms with Gasteiger partial charge < -0.3 is 14.2 Å². The number of anilines is 1. The largest absolute Gasteiger partial charge is 0.492 e. The summed E-state index contributed by atoms with van der Waals surface area (Å²) in [6.07, 6.45) is -1.09. The number of ether oxygens (including phenoxy) is 3. The number of nitrogens with zero attached hydrogens (tertiary/aromatic N) is 1. The van der Waals surface area contributed by atoms with Crippen LogP contribution in [0.15, 0.2) is 47.4 Å². The summed E-state index contributed by atoms with van der Waals surface area (Å²) in [5, 5.41) is 0.253. The van der Waals surface area contributed by atoms with Crippen LogP contribution in [0, 0.1) is 0 Å². The molecule has 2 aromatic rings. The van der Waals surface area contributed by atoms with Gasteiger partial charge in [0.2, 0.25) is 6.10 Å². The fourth-order valence-corrected chi connectivity index (χ4v) is 4.63. The number of hydrogen-bond acceptors (Lipinski definition) is 6. The first-order valence-corrected chi connectivity index (χ1v) is 9.99. The zero-order valence-electron chi connectivity index (χ0n) is 14.7. The number of benzene rings is 2. The summed E-state index contributed by atoms with van der Waals surface area (Å²) in [7, 11) is -2.87. The molecule has 2 aromatic carbocycles. The number of sulfonamides is 1. The molecule has 0 N–H and O–H groups in total. The Bertz CT molecular complexity index is 962. The van der Waals surface area contributed by atoms with E-state index in [0.29, 0.717) is 5.69 Å². The molecule has 0 bridgehead atoms. The Labute approximate surface area is 162 Å². The van der Waals surface area contributed by atoms with Crippen molar-refractivity contribution in [2.24, 2.45) is 0 Å². The van der Waals surface area contributed by atoms with E-state index in [0.717, 1.165) is 4.31 Å². The van der Waals surface area contributed by atoms with Crippen LogP contribution >= 0.6 is 11.6 Å². The lowest BCUT2D eigenvalue weighted by Gasteiger charge is -2.34. The maximum Gasteiger partial charge on any atom is 0.348 e. The molecule has 1 aliphatic rings. The molecular formula is C18H18ClNO6S. The molecule has 0 amide bonds. The van der Waals surface area contributed by atoms with Crippen molar-refractivity contribution in [2.75, 3.05) is 24.6 Å². The number of fused-ring (bicyclic) bond motifs is 1. The monoisotopic (exact) mass is 411 g/mol. The van der Waals surface area contributed by atoms with Gasteiger partial charge in [0.25, 0.3) is 10.0 Å². The third-order valence-corrected chi connectivity index (χ3v) is 6.01. The van der Waals surface area contributed by atoms with E-state index in [9.17, 15) is 13.2 Å². The molecule has 0 fully saturated rings. The Morgan fingerprint density at radius 2 is 2.04 bits per heavy atom. The molecule has 1 aliphatic heterocycles. The van der Waals surface area contributed by atoms with E-state index in [1.54, 1.807) is 37.3 Å². The number of hydrogen-bond donors (Lipinski definition) is 0. The molecule has 0 saturated carbocycles. The highest BCUT2D eigenvalue weighted by molar-refractivity contribution is 7.93. The third-order valence-electron chi connectivity index (χ3n) is 3.97. The topological polar surface area (TPSA) is 82.1 Å². The summed E-state index contributed by atoms with van der Waals surface area (Å²) in [6, 6.07) is 10.9. The first-order valence-electron chi connectivity index (χ1n) is 8.17. The van der Waals surface area contributed by atoms with Gasteiger partial charge in [-0.05, 0) is 37.3 Å². The van der Waals surface area contributed by atoms with Crippen molar-refractivity contribution >= 4 is 33.3 Å². The number of para-hydroxylation sites is 2. The van der Waals surface area contributed by atoms with Crippen molar-refractivity contribution in [1.82, 2.24) is 0 Å². The Balaban J connectivity index is 2.13. The van der Waals surface area contributed by atoms with Crippen molar-refractivity contribution in [1.29, 1.82) is 0 Å². The van der Waals surface area contributed by atoms with Crippen molar-refractivity contribution in [3.05, 3.63) is 47.5 Å². The van der Waals surface area contributed by atoms with Crippen LogP contribution in [0.5, 0.6) is 11.5 Å². The SMILES string of the molecule is CCOc1ccc(Cl)cc1S(=O)(=O)N1CC(C(=O)OC)Oc2ccccc21. The first-order chi connectivity index (χ1) is 12.9. The van der Waals surface area contributed by atoms with Gasteiger partial charge in [-0.25, -0.2) is 13.2 Å². The van der Waals surface area contributed by atoms with E-state index in [1.165, 1.54) is 19.2 Å². The molecule has 27 heavy (non-hydrogen) atoms. The highest BCUT2D eigenvalue weighted by atomic mass is 35.5. The molecule has 1 unspecified atom stereocenters. The molecule has 1 heterocycles. The van der Waals surface area contributed by atoms with Gasteiger partial charge in [0.15, 0.2) is 0 Å². The Kier molecular flexibility index (Phi) is 5.48. The van der Waals surface area contributed by atoms with Crippen molar-refractivity contribution in [2.45, 2.75) is 17.9 Å². The van der Waals surface area contributed by atoms with Crippen LogP contribution in [0.2, 0.25) is 5.02 Å². The zero-order chi connectivity index (χ0) is 19.6. The van der Waals surface area contributed by atoms with Crippen LogP contribution in [0.3, 0.4) is 0 Å². The lowest BCUT2D eigenvalue weighted by atomic mass is 10.2. The quantitative estimate of drug-likeness (QED) is 0.703. The molecule has 144 valence electrons. The molecule has 0 aromatic heterocycles. The highest BCUT2D eigenvalue weighted by Crippen LogP contribution is 2.39. The van der Waals surface area contributed by atoms with Gasteiger partial charge >= 0.3 is 5.97 Å². The van der Waals surface area contributed by atoms with Crippen LogP contribution in [0.25, 0.3) is 0 Å². The van der Waals surface area contributed by atoms with Gasteiger partial charge in [-0.1, -0.05) is 23.7 Å². The normalized spacial score (nSPS) is 16.3. The lowest BCUT2D eigenvalue weighted by Crippen LogP contribution is -2.47. The second-order valence-electron chi connectivity index (χ2n) is 5.66. The van der Waals surface area contributed by atoms with Gasteiger partial charge in [-0.3, -0.25) is 4.31 Å². The second-order valence-corrected chi connectivity index (χ2v) is 7.92. The number of carbonyl (C=O) groups excluding carboxylic acids is 1. The molecule has 7 nitrogen and oxygen atoms in total. The van der Waals surface area contributed by atoms with Gasteiger partial charge in [0.1, 0.15) is 16.4 Å². The van der Waals surface area contributed by atoms with Crippen molar-refractivity contribution in [3.8, 4) is 11.5 Å². The Morgan fingerprint density at radius 1 is 1.30 bits per heavy atom. The number of methoxy groups -OCH3 is 1. The van der Waals surface area contributed by atoms with Gasteiger partial charge in [-0.15, -0.1) is 0 Å². The standard InChI is InChI=1S/C18H18ClNO6S/c1-3-25-15-9-8-12(19)10-17(15)27(22,23)20-11-16(18(21)24-2)26-14-7-5-4-6-13(14)20/h4-10,16H,3,11H2,1-2H3. The molecule has 1 atom stereocenters. The third kappa shape index (κ3) is 3.68. The van der Waals surface area contributed by atoms with Crippen LogP contribution in [-0.4, -0.2) is 40.8 Å². The zero-order valence-corrected chi connectivity index (χ0v) is 16.3. The molecule has 3 rings (SSSR count). The summed E-state index contributed by atoms with van der Waals surface area (Å²) in [6.45, 7) is 1.81. The molecule has 0 spiro atoms. The van der Waals surface area contributed by atoms with E-state index in [2.05, 4.69) is 0 Å². The van der Waals surface area contributed by atoms with E-state index in [-0.39, 0.29) is 34.6 Å². The van der Waals surface area contributed by atoms with Gasteiger partial charge in [0.05, 0.1) is 25.9 Å². The van der Waals surface area contributed by atoms with Gasteiger partial charge in [-0.2, -0.15) is 0 Å². The van der Waals surface area contributed by atoms with Gasteiger partial charge in [0, 0.05) is 5.02 Å². The number of rotatable bonds is 5. The van der Waals surface area contributed by atoms with E-state index < -0.39 is 22.1 Å². The minimum atomic E-state index is -4.09. The molecule has 9 heteroatoms. The lowest BCUT2D eigenvalue weighted by molar-refractivity contribution is -0.148. The van der Waals surface area contributed by atoms with E-state index >= 15 is 0 Å². The van der Waals surface area contributed by atoms with E-state index in [4.69, 9.17) is 25.8 Å². The summed E-state index contributed by atoms with van der Waals surface area (Å²) in [5.41, 5.74) is 0.320. The Morgan fingerprint density at radius 3 is 2.74 bits per heavy atom. The predicted octanol–water partition coefficient (Wildman–Crippen LogP) is 2.87. The number of carbonyl (C=O) groups is 1. The summed E-state index contributed by atoms with van der Waals surface area (Å²) in [5.74, 6) is -0.218. The molecule has 0 aliphatic carbocycles. The fourth-order valence-electron chi connectivity index (χ4n) is 2.76. The highest BCUT2D eigenvalue weighted by Gasteiger charge is 2.39. The van der Waals surface area contributed by atoms with Crippen LogP contribution in [0.4, 0.5) is 5.69 Å². The first kappa shape index (κ1) is 19.3. The van der Waals surface area contributed by atoms with Crippen LogP contribution in [0.1, 0.15) is 6.92 Å². The summed E-state index contributed by atoms with van der Waals surface area (Å²) < 4.78 is 43.8. The minimum Gasteiger partial charge on any atom is -0.492 e. The van der Waals surface area contributed by atoms with Crippen molar-refractivity contribution < 1.29 is 27.4 Å². The molecule has 0 saturated heterocycles. The smallest absolute Gasteiger partial charge is 0.348 e. The minimum absolute atomic E-state index is 0.0860. The maximum atomic E-state index is 13.4.